The summed E-state index contributed by atoms with van der Waals surface area (Å²) >= 11 is 0. The maximum Gasteiger partial charge on any atom is 0.00155 e. The van der Waals surface area contributed by atoms with E-state index in [2.05, 4.69) is 55.0 Å². The van der Waals surface area contributed by atoms with E-state index in [0.29, 0.717) is 0 Å². The van der Waals surface area contributed by atoms with E-state index >= 15 is 0 Å². The fraction of sp³-hybridized carbons (Fsp3) is 0.889. The van der Waals surface area contributed by atoms with Crippen molar-refractivity contribution >= 4 is 0 Å². The van der Waals surface area contributed by atoms with Gasteiger partial charge in [0.25, 0.3) is 0 Å². The summed E-state index contributed by atoms with van der Waals surface area (Å²) in [6, 6.07) is 0. The Morgan fingerprint density at radius 3 is 1.86 bits per heavy atom. The Bertz CT molecular complexity index is 310. The minimum atomic E-state index is 0.889. The SMILES string of the molecule is CN(C)CCCN(CCCN(C)C)C[C@H]1C[C@H]2C=C[C@H]1C2. The molecule has 1 fully saturated rings. The molecule has 21 heavy (non-hydrogen) atoms. The fourth-order valence-electron chi connectivity index (χ4n) is 3.95. The van der Waals surface area contributed by atoms with Gasteiger partial charge in [0.05, 0.1) is 0 Å². The van der Waals surface area contributed by atoms with Crippen molar-refractivity contribution in [3.8, 4) is 0 Å². The third kappa shape index (κ3) is 5.72. The van der Waals surface area contributed by atoms with Crippen LogP contribution in [0.5, 0.6) is 0 Å². The zero-order valence-corrected chi connectivity index (χ0v) is 14.6. The lowest BCUT2D eigenvalue weighted by Gasteiger charge is -2.29. The molecule has 0 spiro atoms. The molecule has 0 N–H and O–H groups in total. The summed E-state index contributed by atoms with van der Waals surface area (Å²) in [5, 5.41) is 0. The van der Waals surface area contributed by atoms with Crippen molar-refractivity contribution < 1.29 is 0 Å². The van der Waals surface area contributed by atoms with Crippen LogP contribution >= 0.6 is 0 Å². The maximum absolute atomic E-state index is 2.74. The summed E-state index contributed by atoms with van der Waals surface area (Å²) in [6.07, 6.45) is 10.4. The Morgan fingerprint density at radius 2 is 1.43 bits per heavy atom. The Kier molecular flexibility index (Phi) is 6.72. The van der Waals surface area contributed by atoms with Crippen LogP contribution in [0.2, 0.25) is 0 Å². The van der Waals surface area contributed by atoms with Gasteiger partial charge in [-0.05, 0) is 97.8 Å². The Morgan fingerprint density at radius 1 is 0.810 bits per heavy atom. The van der Waals surface area contributed by atoms with E-state index < -0.39 is 0 Å². The van der Waals surface area contributed by atoms with Crippen molar-refractivity contribution in [2.45, 2.75) is 25.7 Å². The molecule has 2 bridgehead atoms. The summed E-state index contributed by atoms with van der Waals surface area (Å²) in [6.45, 7) is 6.28. The molecular weight excluding hydrogens is 258 g/mol. The van der Waals surface area contributed by atoms with Gasteiger partial charge in [-0.1, -0.05) is 12.2 Å². The lowest BCUT2D eigenvalue weighted by atomic mass is 9.93. The highest BCUT2D eigenvalue weighted by atomic mass is 15.1. The van der Waals surface area contributed by atoms with Gasteiger partial charge in [-0.3, -0.25) is 0 Å². The topological polar surface area (TPSA) is 9.72 Å². The minimum Gasteiger partial charge on any atom is -0.309 e. The average Bonchev–Trinajstić information content (AvgIpc) is 2.99. The predicted molar refractivity (Wildman–Crippen MR) is 91.6 cm³/mol. The lowest BCUT2D eigenvalue weighted by molar-refractivity contribution is 0.196. The van der Waals surface area contributed by atoms with Gasteiger partial charge in [-0.25, -0.2) is 0 Å². The second-order valence-electron chi connectivity index (χ2n) is 7.65. The molecule has 0 aromatic heterocycles. The van der Waals surface area contributed by atoms with Gasteiger partial charge in [0.1, 0.15) is 0 Å². The van der Waals surface area contributed by atoms with Crippen LogP contribution in [-0.2, 0) is 0 Å². The molecule has 0 amide bonds. The lowest BCUT2D eigenvalue weighted by Crippen LogP contribution is -2.35. The number of fused-ring (bicyclic) bond motifs is 2. The first-order valence-corrected chi connectivity index (χ1v) is 8.74. The molecule has 0 aromatic rings. The molecule has 122 valence electrons. The predicted octanol–water partition coefficient (Wildman–Crippen LogP) is 2.40. The molecule has 0 heterocycles. The van der Waals surface area contributed by atoms with E-state index in [1.807, 2.05) is 0 Å². The number of nitrogens with zero attached hydrogens (tertiary/aromatic N) is 3. The van der Waals surface area contributed by atoms with Crippen LogP contribution in [0.3, 0.4) is 0 Å². The summed E-state index contributed by atoms with van der Waals surface area (Å²) in [7, 11) is 8.71. The summed E-state index contributed by atoms with van der Waals surface area (Å²) in [5.74, 6) is 2.73. The highest BCUT2D eigenvalue weighted by Gasteiger charge is 2.36. The largest absolute Gasteiger partial charge is 0.309 e. The standard InChI is InChI=1S/C18H35N3/c1-19(2)9-5-11-21(12-6-10-20(3)4)15-18-14-16-7-8-17(18)13-16/h7-8,16-18H,5-6,9-15H2,1-4H3/t16-,17-,18+/m0/s1. The Labute approximate surface area is 132 Å². The van der Waals surface area contributed by atoms with Gasteiger partial charge >= 0.3 is 0 Å². The molecule has 2 aliphatic rings. The normalized spacial score (nSPS) is 27.7. The molecule has 2 rings (SSSR count). The maximum atomic E-state index is 2.74. The molecule has 3 heteroatoms. The van der Waals surface area contributed by atoms with Crippen molar-refractivity contribution in [3.05, 3.63) is 12.2 Å². The highest BCUT2D eigenvalue weighted by molar-refractivity contribution is 5.10. The summed E-state index contributed by atoms with van der Waals surface area (Å²) in [4.78, 5) is 7.35. The van der Waals surface area contributed by atoms with Gasteiger partial charge in [0.15, 0.2) is 0 Å². The molecule has 2 aliphatic carbocycles. The minimum absolute atomic E-state index is 0.889. The van der Waals surface area contributed by atoms with E-state index in [4.69, 9.17) is 0 Å². The van der Waals surface area contributed by atoms with Gasteiger partial charge in [0, 0.05) is 6.54 Å². The molecule has 3 nitrogen and oxygen atoms in total. The van der Waals surface area contributed by atoms with Crippen LogP contribution in [0.25, 0.3) is 0 Å². The zero-order chi connectivity index (χ0) is 15.2. The third-order valence-corrected chi connectivity index (χ3v) is 5.07. The third-order valence-electron chi connectivity index (χ3n) is 5.07. The van der Waals surface area contributed by atoms with Gasteiger partial charge in [-0.2, -0.15) is 0 Å². The van der Waals surface area contributed by atoms with Gasteiger partial charge in [-0.15, -0.1) is 0 Å². The number of hydrogen-bond acceptors (Lipinski definition) is 3. The van der Waals surface area contributed by atoms with E-state index in [0.717, 1.165) is 17.8 Å². The summed E-state index contributed by atoms with van der Waals surface area (Å²) < 4.78 is 0. The van der Waals surface area contributed by atoms with Crippen molar-refractivity contribution in [2.24, 2.45) is 17.8 Å². The molecular formula is C18H35N3. The molecule has 3 atom stereocenters. The monoisotopic (exact) mass is 293 g/mol. The Hall–Kier alpha value is -0.380. The first-order chi connectivity index (χ1) is 10.0. The molecule has 0 saturated heterocycles. The van der Waals surface area contributed by atoms with Crippen molar-refractivity contribution in [1.29, 1.82) is 0 Å². The summed E-state index contributed by atoms with van der Waals surface area (Å²) in [5.41, 5.74) is 0. The Balaban J connectivity index is 1.75. The van der Waals surface area contributed by atoms with Crippen molar-refractivity contribution in [3.63, 3.8) is 0 Å². The van der Waals surface area contributed by atoms with Crippen molar-refractivity contribution in [2.75, 3.05) is 60.9 Å². The second-order valence-corrected chi connectivity index (χ2v) is 7.65. The zero-order valence-electron chi connectivity index (χ0n) is 14.6. The van der Waals surface area contributed by atoms with Crippen LogP contribution in [0.15, 0.2) is 12.2 Å². The number of hydrogen-bond donors (Lipinski definition) is 0. The average molecular weight is 293 g/mol. The van der Waals surface area contributed by atoms with Crippen LogP contribution in [-0.4, -0.2) is 75.6 Å². The van der Waals surface area contributed by atoms with Crippen LogP contribution in [0.4, 0.5) is 0 Å². The molecule has 1 saturated carbocycles. The molecule has 0 unspecified atom stereocenters. The van der Waals surface area contributed by atoms with Crippen LogP contribution in [0, 0.1) is 17.8 Å². The van der Waals surface area contributed by atoms with E-state index in [-0.39, 0.29) is 0 Å². The van der Waals surface area contributed by atoms with E-state index in [9.17, 15) is 0 Å². The molecule has 0 radical (unpaired) electrons. The second kappa shape index (κ2) is 8.30. The highest BCUT2D eigenvalue weighted by Crippen LogP contribution is 2.43. The van der Waals surface area contributed by atoms with Crippen LogP contribution < -0.4 is 0 Å². The first kappa shape index (κ1) is 17.0. The molecule has 0 aliphatic heterocycles. The smallest absolute Gasteiger partial charge is 0.00155 e. The first-order valence-electron chi connectivity index (χ1n) is 8.74. The van der Waals surface area contributed by atoms with E-state index in [1.54, 1.807) is 0 Å². The van der Waals surface area contributed by atoms with E-state index in [1.165, 1.54) is 58.4 Å². The number of rotatable bonds is 10. The van der Waals surface area contributed by atoms with Gasteiger partial charge in [0.2, 0.25) is 0 Å². The van der Waals surface area contributed by atoms with Crippen LogP contribution in [0.1, 0.15) is 25.7 Å². The van der Waals surface area contributed by atoms with Crippen molar-refractivity contribution in [1.82, 2.24) is 14.7 Å². The molecule has 0 aromatic carbocycles. The quantitative estimate of drug-likeness (QED) is 0.573. The number of allylic oxidation sites excluding steroid dienone is 2. The fourth-order valence-corrected chi connectivity index (χ4v) is 3.95. The van der Waals surface area contributed by atoms with Gasteiger partial charge < -0.3 is 14.7 Å².